The molecule has 0 amide bonds. The minimum atomic E-state index is 0.250. The molecule has 0 radical (unpaired) electrons. The van der Waals surface area contributed by atoms with Gasteiger partial charge in [0.1, 0.15) is 5.82 Å². The molecule has 2 unspecified atom stereocenters. The molecule has 0 aliphatic carbocycles. The fourth-order valence-electron chi connectivity index (χ4n) is 2.42. The number of rotatable bonds is 3. The normalized spacial score (nSPS) is 24.3. The maximum absolute atomic E-state index is 5.95. The Morgan fingerprint density at radius 2 is 2.00 bits per heavy atom. The van der Waals surface area contributed by atoms with Gasteiger partial charge < -0.3 is 9.64 Å². The molecule has 4 heteroatoms. The number of nitrogens with zero attached hydrogens (tertiary/aromatic N) is 2. The number of pyridine rings is 1. The van der Waals surface area contributed by atoms with Gasteiger partial charge in [0.25, 0.3) is 0 Å². The summed E-state index contributed by atoms with van der Waals surface area (Å²) in [5.74, 6) is 1.57. The first-order valence-corrected chi connectivity index (χ1v) is 7.12. The van der Waals surface area contributed by atoms with Crippen LogP contribution in [0.3, 0.4) is 0 Å². The van der Waals surface area contributed by atoms with Crippen LogP contribution in [0.4, 0.5) is 5.82 Å². The van der Waals surface area contributed by atoms with Gasteiger partial charge in [-0.25, -0.2) is 4.98 Å². The van der Waals surface area contributed by atoms with Gasteiger partial charge in [-0.3, -0.25) is 0 Å². The Morgan fingerprint density at radius 1 is 1.33 bits per heavy atom. The van der Waals surface area contributed by atoms with Crippen LogP contribution in [0, 0.1) is 0 Å². The summed E-state index contributed by atoms with van der Waals surface area (Å²) in [6, 6.07) is 4.18. The molecule has 2 rings (SSSR count). The molecule has 3 nitrogen and oxygen atoms in total. The number of aryl methyl sites for hydroxylation is 1. The minimum Gasteiger partial charge on any atom is -0.372 e. The van der Waals surface area contributed by atoms with Gasteiger partial charge in [0.2, 0.25) is 0 Å². The summed E-state index contributed by atoms with van der Waals surface area (Å²) in [6.45, 7) is 8.12. The maximum atomic E-state index is 5.95. The lowest BCUT2D eigenvalue weighted by Gasteiger charge is -2.36. The number of morpholine rings is 1. The van der Waals surface area contributed by atoms with Gasteiger partial charge in [-0.05, 0) is 38.0 Å². The molecule has 1 saturated heterocycles. The topological polar surface area (TPSA) is 25.4 Å². The molecule has 2 heterocycles. The van der Waals surface area contributed by atoms with Gasteiger partial charge in [-0.1, -0.05) is 6.92 Å². The third kappa shape index (κ3) is 3.15. The summed E-state index contributed by atoms with van der Waals surface area (Å²) in [4.78, 5) is 7.00. The zero-order valence-corrected chi connectivity index (χ0v) is 12.1. The van der Waals surface area contributed by atoms with Gasteiger partial charge in [-0.2, -0.15) is 0 Å². The van der Waals surface area contributed by atoms with E-state index in [1.807, 2.05) is 0 Å². The Balaban J connectivity index is 2.25. The Morgan fingerprint density at radius 3 is 2.56 bits per heavy atom. The predicted octanol–water partition coefficient (Wildman–Crippen LogP) is 3.00. The molecule has 1 aliphatic rings. The molecule has 0 N–H and O–H groups in total. The lowest BCUT2D eigenvalue weighted by Crippen LogP contribution is -2.45. The van der Waals surface area contributed by atoms with Crippen LogP contribution < -0.4 is 4.90 Å². The second kappa shape index (κ2) is 5.89. The third-order valence-electron chi connectivity index (χ3n) is 3.18. The van der Waals surface area contributed by atoms with Crippen molar-refractivity contribution in [2.75, 3.05) is 18.0 Å². The largest absolute Gasteiger partial charge is 0.372 e. The molecule has 1 fully saturated rings. The fraction of sp³-hybridized carbons (Fsp3) is 0.643. The second-order valence-electron chi connectivity index (χ2n) is 4.97. The van der Waals surface area contributed by atoms with Crippen LogP contribution in [0.15, 0.2) is 12.1 Å². The standard InChI is InChI=1S/C14H21ClN2O/c1-4-13-5-12(7-15)6-14(16-13)17-8-10(2)18-11(3)9-17/h5-6,10-11H,4,7-9H2,1-3H3. The van der Waals surface area contributed by atoms with Gasteiger partial charge in [-0.15, -0.1) is 11.6 Å². The fourth-order valence-corrected chi connectivity index (χ4v) is 2.57. The van der Waals surface area contributed by atoms with E-state index in [1.54, 1.807) is 0 Å². The van der Waals surface area contributed by atoms with Crippen LogP contribution >= 0.6 is 11.6 Å². The smallest absolute Gasteiger partial charge is 0.129 e. The van der Waals surface area contributed by atoms with E-state index in [0.717, 1.165) is 36.6 Å². The number of halogens is 1. The molecule has 1 aromatic heterocycles. The zero-order valence-electron chi connectivity index (χ0n) is 11.3. The van der Waals surface area contributed by atoms with Crippen LogP contribution in [-0.2, 0) is 17.0 Å². The van der Waals surface area contributed by atoms with Gasteiger partial charge in [0.05, 0.1) is 12.2 Å². The highest BCUT2D eigenvalue weighted by atomic mass is 35.5. The van der Waals surface area contributed by atoms with Crippen molar-refractivity contribution in [3.05, 3.63) is 23.4 Å². The molecule has 0 bridgehead atoms. The highest BCUT2D eigenvalue weighted by Crippen LogP contribution is 2.21. The lowest BCUT2D eigenvalue weighted by molar-refractivity contribution is -0.00547. The summed E-state index contributed by atoms with van der Waals surface area (Å²) < 4.78 is 5.76. The summed E-state index contributed by atoms with van der Waals surface area (Å²) in [5, 5.41) is 0. The van der Waals surface area contributed by atoms with Crippen molar-refractivity contribution < 1.29 is 4.74 Å². The summed E-state index contributed by atoms with van der Waals surface area (Å²) in [6.07, 6.45) is 1.44. The first-order chi connectivity index (χ1) is 8.62. The molecule has 100 valence electrons. The Labute approximate surface area is 114 Å². The third-order valence-corrected chi connectivity index (χ3v) is 3.49. The Bertz CT molecular complexity index is 379. The van der Waals surface area contributed by atoms with Crippen molar-refractivity contribution in [1.29, 1.82) is 0 Å². The van der Waals surface area contributed by atoms with Crippen molar-refractivity contribution in [1.82, 2.24) is 4.98 Å². The molecule has 18 heavy (non-hydrogen) atoms. The monoisotopic (exact) mass is 268 g/mol. The predicted molar refractivity (Wildman–Crippen MR) is 75.4 cm³/mol. The molecular weight excluding hydrogens is 248 g/mol. The first kappa shape index (κ1) is 13.6. The Kier molecular flexibility index (Phi) is 4.46. The van der Waals surface area contributed by atoms with Gasteiger partial charge >= 0.3 is 0 Å². The minimum absolute atomic E-state index is 0.250. The summed E-state index contributed by atoms with van der Waals surface area (Å²) >= 11 is 5.95. The van der Waals surface area contributed by atoms with Crippen LogP contribution in [0.1, 0.15) is 32.0 Å². The first-order valence-electron chi connectivity index (χ1n) is 6.58. The van der Waals surface area contributed by atoms with Crippen molar-refractivity contribution in [2.45, 2.75) is 45.3 Å². The van der Waals surface area contributed by atoms with Crippen LogP contribution in [0.25, 0.3) is 0 Å². The number of aromatic nitrogens is 1. The van der Waals surface area contributed by atoms with Crippen molar-refractivity contribution in [3.63, 3.8) is 0 Å². The van der Waals surface area contributed by atoms with Crippen molar-refractivity contribution >= 4 is 17.4 Å². The zero-order chi connectivity index (χ0) is 13.1. The average Bonchev–Trinajstić information content (AvgIpc) is 2.37. The second-order valence-corrected chi connectivity index (χ2v) is 5.24. The van der Waals surface area contributed by atoms with Crippen LogP contribution in [0.2, 0.25) is 0 Å². The number of ether oxygens (including phenoxy) is 1. The summed E-state index contributed by atoms with van der Waals surface area (Å²) in [7, 11) is 0. The maximum Gasteiger partial charge on any atom is 0.129 e. The Hall–Kier alpha value is -0.800. The molecule has 0 spiro atoms. The molecule has 1 aliphatic heterocycles. The highest BCUT2D eigenvalue weighted by molar-refractivity contribution is 6.17. The van der Waals surface area contributed by atoms with Gasteiger partial charge in [0, 0.05) is 24.7 Å². The van der Waals surface area contributed by atoms with E-state index >= 15 is 0 Å². The van der Waals surface area contributed by atoms with Crippen LogP contribution in [0.5, 0.6) is 0 Å². The van der Waals surface area contributed by atoms with E-state index < -0.39 is 0 Å². The number of alkyl halides is 1. The molecule has 0 saturated carbocycles. The average molecular weight is 269 g/mol. The van der Waals surface area contributed by atoms with Gasteiger partial charge in [0.15, 0.2) is 0 Å². The molecule has 0 aromatic carbocycles. The van der Waals surface area contributed by atoms with Crippen molar-refractivity contribution in [2.24, 2.45) is 0 Å². The van der Waals surface area contributed by atoms with E-state index in [4.69, 9.17) is 21.3 Å². The highest BCUT2D eigenvalue weighted by Gasteiger charge is 2.23. The van der Waals surface area contributed by atoms with Crippen LogP contribution in [-0.4, -0.2) is 30.3 Å². The van der Waals surface area contributed by atoms with E-state index in [9.17, 15) is 0 Å². The lowest BCUT2D eigenvalue weighted by atomic mass is 10.2. The number of hydrogen-bond acceptors (Lipinski definition) is 3. The van der Waals surface area contributed by atoms with E-state index in [1.165, 1.54) is 0 Å². The molecule has 1 aromatic rings. The van der Waals surface area contributed by atoms with E-state index in [2.05, 4.69) is 37.8 Å². The SMILES string of the molecule is CCc1cc(CCl)cc(N2CC(C)OC(C)C2)n1. The van der Waals surface area contributed by atoms with E-state index in [0.29, 0.717) is 5.88 Å². The van der Waals surface area contributed by atoms with Crippen molar-refractivity contribution in [3.8, 4) is 0 Å². The van der Waals surface area contributed by atoms with E-state index in [-0.39, 0.29) is 12.2 Å². The number of anilines is 1. The molecular formula is C14H21ClN2O. The molecule has 2 atom stereocenters. The number of hydrogen-bond donors (Lipinski definition) is 0. The quantitative estimate of drug-likeness (QED) is 0.788. The summed E-state index contributed by atoms with van der Waals surface area (Å²) in [5.41, 5.74) is 2.25.